The van der Waals surface area contributed by atoms with Crippen LogP contribution in [0.25, 0.3) is 33.4 Å². The highest BCUT2D eigenvalue weighted by molar-refractivity contribution is 6.03. The predicted molar refractivity (Wildman–Crippen MR) is 130 cm³/mol. The molecule has 0 bridgehead atoms. The van der Waals surface area contributed by atoms with Crippen molar-refractivity contribution in [2.45, 2.75) is 46.1 Å². The normalized spacial score (nSPS) is 12.3. The van der Waals surface area contributed by atoms with E-state index in [4.69, 9.17) is 20.9 Å². The van der Waals surface area contributed by atoms with Crippen molar-refractivity contribution in [3.05, 3.63) is 65.6 Å². The first kappa shape index (κ1) is 22.6. The number of aliphatic hydroxyl groups is 1. The molecule has 3 N–H and O–H groups in total. The first-order valence-corrected chi connectivity index (χ1v) is 11.4. The lowest BCUT2D eigenvalue weighted by Crippen LogP contribution is -2.10. The number of hydrogen-bond donors (Lipinski definition) is 2. The lowest BCUT2D eigenvalue weighted by atomic mass is 9.95. The zero-order valence-corrected chi connectivity index (χ0v) is 19.1. The van der Waals surface area contributed by atoms with E-state index in [2.05, 4.69) is 16.6 Å². The zero-order chi connectivity index (χ0) is 23.4. The summed E-state index contributed by atoms with van der Waals surface area (Å²) in [4.78, 5) is 20.9. The Morgan fingerprint density at radius 1 is 1.21 bits per heavy atom. The van der Waals surface area contributed by atoms with Crippen molar-refractivity contribution in [2.24, 2.45) is 5.73 Å². The molecular weight excluding hydrogens is 414 g/mol. The number of aromatic nitrogens is 4. The molecule has 0 saturated carbocycles. The molecule has 1 aliphatic rings. The van der Waals surface area contributed by atoms with E-state index in [0.29, 0.717) is 12.2 Å². The van der Waals surface area contributed by atoms with Gasteiger partial charge < -0.3 is 10.8 Å². The van der Waals surface area contributed by atoms with Crippen LogP contribution in [0.1, 0.15) is 47.9 Å². The van der Waals surface area contributed by atoms with Gasteiger partial charge in [-0.2, -0.15) is 5.10 Å². The summed E-state index contributed by atoms with van der Waals surface area (Å²) < 4.78 is 2.08. The zero-order valence-electron chi connectivity index (χ0n) is 19.1. The van der Waals surface area contributed by atoms with Crippen molar-refractivity contribution in [3.63, 3.8) is 0 Å². The van der Waals surface area contributed by atoms with Crippen molar-refractivity contribution in [2.75, 3.05) is 6.61 Å². The minimum absolute atomic E-state index is 0.344. The molecule has 0 saturated heterocycles. The molecule has 7 heteroatoms. The molecule has 0 radical (unpaired) electrons. The topological polar surface area (TPSA) is 107 Å². The first-order valence-electron chi connectivity index (χ1n) is 11.4. The predicted octanol–water partition coefficient (Wildman–Crippen LogP) is 4.29. The van der Waals surface area contributed by atoms with Gasteiger partial charge in [0.15, 0.2) is 0 Å². The van der Waals surface area contributed by atoms with Crippen molar-refractivity contribution in [3.8, 4) is 22.5 Å². The minimum Gasteiger partial charge on any atom is -0.396 e. The number of aliphatic hydroxyl groups excluding tert-OH is 1. The number of benzene rings is 1. The Labute approximate surface area is 193 Å². The standard InChI is InChI=1S/C22H19N5O.C4H10O/c1-13-4-2-5-18(25-13)21-20(19-6-3-11-27(19)26-21)15-9-10-24-17-8-7-14(22(23)28)12-16(15)17;1-2-3-4-5/h2,4-5,7-10,12H,3,6,11H2,1H3,(H2,23,28);5H,2-4H2,1H3. The molecule has 0 fully saturated rings. The largest absolute Gasteiger partial charge is 0.396 e. The number of pyridine rings is 2. The van der Waals surface area contributed by atoms with Gasteiger partial charge in [0.1, 0.15) is 5.69 Å². The van der Waals surface area contributed by atoms with Gasteiger partial charge in [0.2, 0.25) is 5.91 Å². The molecule has 4 heterocycles. The van der Waals surface area contributed by atoms with E-state index in [1.165, 1.54) is 5.69 Å². The van der Waals surface area contributed by atoms with Crippen molar-refractivity contribution in [1.82, 2.24) is 19.7 Å². The fourth-order valence-corrected chi connectivity index (χ4v) is 4.14. The second-order valence-electron chi connectivity index (χ2n) is 8.19. The molecule has 1 aliphatic heterocycles. The summed E-state index contributed by atoms with van der Waals surface area (Å²) in [5, 5.41) is 13.8. The molecule has 5 rings (SSSR count). The summed E-state index contributed by atoms with van der Waals surface area (Å²) >= 11 is 0. The SMILES string of the molecule is CCCCO.Cc1cccc(-c2nn3c(c2-c2ccnc4ccc(C(N)=O)cc24)CCC3)n1. The Bertz CT molecular complexity index is 1290. The summed E-state index contributed by atoms with van der Waals surface area (Å²) in [7, 11) is 0. The minimum atomic E-state index is -0.447. The number of unbranched alkanes of at least 4 members (excludes halogenated alkanes) is 1. The fraction of sp³-hybridized carbons (Fsp3) is 0.308. The van der Waals surface area contributed by atoms with Crippen LogP contribution in [0.15, 0.2) is 48.7 Å². The highest BCUT2D eigenvalue weighted by Gasteiger charge is 2.25. The monoisotopic (exact) mass is 443 g/mol. The molecule has 170 valence electrons. The first-order chi connectivity index (χ1) is 16.0. The molecule has 3 aromatic heterocycles. The highest BCUT2D eigenvalue weighted by Crippen LogP contribution is 2.39. The van der Waals surface area contributed by atoms with E-state index in [9.17, 15) is 4.79 Å². The smallest absolute Gasteiger partial charge is 0.248 e. The summed E-state index contributed by atoms with van der Waals surface area (Å²) in [5.74, 6) is -0.447. The van der Waals surface area contributed by atoms with Gasteiger partial charge in [-0.25, -0.2) is 0 Å². The number of nitrogens with two attached hydrogens (primary N) is 1. The van der Waals surface area contributed by atoms with Crippen LogP contribution >= 0.6 is 0 Å². The maximum Gasteiger partial charge on any atom is 0.248 e. The molecular formula is C26H29N5O2. The van der Waals surface area contributed by atoms with Crippen LogP contribution in [0.4, 0.5) is 0 Å². The van der Waals surface area contributed by atoms with Gasteiger partial charge in [-0.3, -0.25) is 19.4 Å². The van der Waals surface area contributed by atoms with Gasteiger partial charge in [0.05, 0.1) is 11.2 Å². The number of fused-ring (bicyclic) bond motifs is 2. The molecule has 7 nitrogen and oxygen atoms in total. The maximum absolute atomic E-state index is 11.7. The molecule has 0 aliphatic carbocycles. The van der Waals surface area contributed by atoms with Crippen molar-refractivity contribution >= 4 is 16.8 Å². The summed E-state index contributed by atoms with van der Waals surface area (Å²) in [5.41, 5.74) is 12.8. The maximum atomic E-state index is 11.7. The van der Waals surface area contributed by atoms with E-state index in [-0.39, 0.29) is 0 Å². The van der Waals surface area contributed by atoms with Gasteiger partial charge in [-0.1, -0.05) is 19.4 Å². The van der Waals surface area contributed by atoms with Crippen LogP contribution in [-0.2, 0) is 13.0 Å². The summed E-state index contributed by atoms with van der Waals surface area (Å²) in [6.07, 6.45) is 5.88. The Balaban J connectivity index is 0.000000471. The van der Waals surface area contributed by atoms with Crippen molar-refractivity contribution < 1.29 is 9.90 Å². The fourth-order valence-electron chi connectivity index (χ4n) is 4.14. The van der Waals surface area contributed by atoms with E-state index in [1.54, 1.807) is 12.3 Å². The Hall–Kier alpha value is -3.58. The third-order valence-corrected chi connectivity index (χ3v) is 5.78. The second kappa shape index (κ2) is 9.92. The van der Waals surface area contributed by atoms with Crippen LogP contribution in [-0.4, -0.2) is 37.4 Å². The van der Waals surface area contributed by atoms with Gasteiger partial charge in [0.25, 0.3) is 0 Å². The number of hydrogen-bond acceptors (Lipinski definition) is 5. The van der Waals surface area contributed by atoms with Gasteiger partial charge >= 0.3 is 0 Å². The number of primary amides is 1. The van der Waals surface area contributed by atoms with E-state index >= 15 is 0 Å². The number of carbonyl (C=O) groups is 1. The van der Waals surface area contributed by atoms with Crippen LogP contribution in [0.3, 0.4) is 0 Å². The lowest BCUT2D eigenvalue weighted by Gasteiger charge is -2.10. The van der Waals surface area contributed by atoms with Crippen LogP contribution in [0, 0.1) is 6.92 Å². The Morgan fingerprint density at radius 3 is 2.76 bits per heavy atom. The Morgan fingerprint density at radius 2 is 2.06 bits per heavy atom. The van der Waals surface area contributed by atoms with Gasteiger partial charge in [-0.15, -0.1) is 0 Å². The Kier molecular flexibility index (Phi) is 6.79. The quantitative estimate of drug-likeness (QED) is 0.478. The molecule has 4 aromatic rings. The van der Waals surface area contributed by atoms with E-state index < -0.39 is 5.91 Å². The molecule has 1 amide bonds. The summed E-state index contributed by atoms with van der Waals surface area (Å²) in [6.45, 7) is 5.28. The number of aryl methyl sites for hydroxylation is 2. The third kappa shape index (κ3) is 4.64. The molecule has 0 spiro atoms. The molecule has 0 unspecified atom stereocenters. The third-order valence-electron chi connectivity index (χ3n) is 5.78. The number of amides is 1. The highest BCUT2D eigenvalue weighted by atomic mass is 16.2. The summed E-state index contributed by atoms with van der Waals surface area (Å²) in [6, 6.07) is 13.3. The van der Waals surface area contributed by atoms with Crippen LogP contribution < -0.4 is 5.73 Å². The number of nitrogens with zero attached hydrogens (tertiary/aromatic N) is 4. The van der Waals surface area contributed by atoms with E-state index in [1.807, 2.05) is 43.3 Å². The average molecular weight is 444 g/mol. The molecule has 1 aromatic carbocycles. The lowest BCUT2D eigenvalue weighted by molar-refractivity contribution is 0.100. The van der Waals surface area contributed by atoms with Crippen LogP contribution in [0.2, 0.25) is 0 Å². The second-order valence-corrected chi connectivity index (χ2v) is 8.19. The number of carbonyl (C=O) groups excluding carboxylic acids is 1. The van der Waals surface area contributed by atoms with E-state index in [0.717, 1.165) is 71.3 Å². The van der Waals surface area contributed by atoms with Gasteiger partial charge in [0, 0.05) is 47.2 Å². The van der Waals surface area contributed by atoms with Crippen molar-refractivity contribution in [1.29, 1.82) is 0 Å². The van der Waals surface area contributed by atoms with Gasteiger partial charge in [-0.05, 0) is 68.1 Å². The van der Waals surface area contributed by atoms with Crippen LogP contribution in [0.5, 0.6) is 0 Å². The molecule has 0 atom stereocenters. The average Bonchev–Trinajstić information content (AvgIpc) is 3.41. The number of rotatable bonds is 5. The molecule has 33 heavy (non-hydrogen) atoms.